The van der Waals surface area contributed by atoms with Crippen molar-refractivity contribution in [3.05, 3.63) is 75.0 Å². The zero-order valence-corrected chi connectivity index (χ0v) is 17.7. The van der Waals surface area contributed by atoms with E-state index < -0.39 is 22.8 Å². The Morgan fingerprint density at radius 2 is 1.82 bits per heavy atom. The fourth-order valence-corrected chi connectivity index (χ4v) is 3.66. The summed E-state index contributed by atoms with van der Waals surface area (Å²) in [6.45, 7) is 0.0119. The van der Waals surface area contributed by atoms with Crippen molar-refractivity contribution < 1.29 is 33.2 Å². The molecule has 2 aliphatic rings. The van der Waals surface area contributed by atoms with Gasteiger partial charge in [0.1, 0.15) is 17.1 Å². The van der Waals surface area contributed by atoms with Gasteiger partial charge in [-0.2, -0.15) is 0 Å². The predicted molar refractivity (Wildman–Crippen MR) is 117 cm³/mol. The number of amides is 4. The van der Waals surface area contributed by atoms with Crippen molar-refractivity contribution >= 4 is 46.9 Å². The molecule has 5 rings (SSSR count). The van der Waals surface area contributed by atoms with Crippen LogP contribution in [0.15, 0.2) is 58.5 Å². The molecule has 2 aromatic carbocycles. The van der Waals surface area contributed by atoms with Crippen molar-refractivity contribution in [1.82, 2.24) is 5.32 Å². The van der Waals surface area contributed by atoms with E-state index in [2.05, 4.69) is 5.32 Å². The van der Waals surface area contributed by atoms with Crippen LogP contribution in [0.2, 0.25) is 5.02 Å². The molecule has 2 aliphatic heterocycles. The normalized spacial score (nSPS) is 16.2. The van der Waals surface area contributed by atoms with Gasteiger partial charge >= 0.3 is 6.03 Å². The summed E-state index contributed by atoms with van der Waals surface area (Å²) in [6, 6.07) is 10.4. The van der Waals surface area contributed by atoms with Crippen molar-refractivity contribution in [2.24, 2.45) is 0 Å². The second-order valence-corrected chi connectivity index (χ2v) is 7.53. The third kappa shape index (κ3) is 3.63. The highest BCUT2D eigenvalue weighted by atomic mass is 35.5. The lowest BCUT2D eigenvalue weighted by atomic mass is 10.1. The molecule has 12 heteroatoms. The number of rotatable bonds is 4. The maximum absolute atomic E-state index is 13.1. The number of carbonyl (C=O) groups is 3. The average Bonchev–Trinajstić information content (AvgIpc) is 3.46. The zero-order chi connectivity index (χ0) is 24.0. The molecule has 34 heavy (non-hydrogen) atoms. The molecule has 0 atom stereocenters. The second kappa shape index (κ2) is 8.05. The van der Waals surface area contributed by atoms with E-state index in [0.29, 0.717) is 11.5 Å². The van der Waals surface area contributed by atoms with Crippen LogP contribution in [0.25, 0.3) is 17.4 Å². The molecule has 1 fully saturated rings. The van der Waals surface area contributed by atoms with E-state index in [9.17, 15) is 24.5 Å². The fourth-order valence-electron chi connectivity index (χ4n) is 3.45. The Hall–Kier alpha value is -4.64. The van der Waals surface area contributed by atoms with Gasteiger partial charge in [-0.3, -0.25) is 25.0 Å². The molecule has 1 N–H and O–H groups in total. The number of urea groups is 1. The van der Waals surface area contributed by atoms with E-state index in [0.717, 1.165) is 4.90 Å². The van der Waals surface area contributed by atoms with E-state index in [4.69, 9.17) is 25.5 Å². The lowest BCUT2D eigenvalue weighted by molar-refractivity contribution is -0.384. The van der Waals surface area contributed by atoms with Crippen LogP contribution in [0.1, 0.15) is 5.76 Å². The largest absolute Gasteiger partial charge is 0.457 e. The first-order valence-corrected chi connectivity index (χ1v) is 10.0. The van der Waals surface area contributed by atoms with E-state index >= 15 is 0 Å². The van der Waals surface area contributed by atoms with Crippen molar-refractivity contribution in [1.29, 1.82) is 0 Å². The lowest BCUT2D eigenvalue weighted by Gasteiger charge is -2.26. The molecule has 0 aliphatic carbocycles. The maximum atomic E-state index is 13.1. The van der Waals surface area contributed by atoms with Crippen LogP contribution in [-0.2, 0) is 9.59 Å². The smallest absolute Gasteiger partial charge is 0.335 e. The van der Waals surface area contributed by atoms with Crippen LogP contribution in [0, 0.1) is 10.1 Å². The van der Waals surface area contributed by atoms with E-state index in [1.807, 2.05) is 0 Å². The molecule has 170 valence electrons. The molecule has 3 aromatic rings. The van der Waals surface area contributed by atoms with Crippen molar-refractivity contribution in [3.8, 4) is 22.8 Å². The Morgan fingerprint density at radius 3 is 2.62 bits per heavy atom. The summed E-state index contributed by atoms with van der Waals surface area (Å²) in [5.74, 6) is -0.685. The Morgan fingerprint density at radius 1 is 1.03 bits per heavy atom. The number of nitro groups is 1. The summed E-state index contributed by atoms with van der Waals surface area (Å²) in [5, 5.41) is 13.4. The number of halogens is 1. The summed E-state index contributed by atoms with van der Waals surface area (Å²) < 4.78 is 16.2. The Bertz CT molecular complexity index is 1430. The number of nitro benzene ring substituents is 1. The molecule has 1 aromatic heterocycles. The highest BCUT2D eigenvalue weighted by Gasteiger charge is 2.37. The van der Waals surface area contributed by atoms with Gasteiger partial charge in [0.2, 0.25) is 6.79 Å². The molecule has 0 bridgehead atoms. The van der Waals surface area contributed by atoms with E-state index in [1.165, 1.54) is 48.5 Å². The van der Waals surface area contributed by atoms with E-state index in [-0.39, 0.29) is 45.8 Å². The Kier molecular flexibility index (Phi) is 5.02. The first-order valence-electron chi connectivity index (χ1n) is 9.67. The number of non-ortho nitro benzene ring substituents is 1. The minimum absolute atomic E-state index is 0.0119. The quantitative estimate of drug-likeness (QED) is 0.256. The molecule has 0 spiro atoms. The second-order valence-electron chi connectivity index (χ2n) is 7.12. The minimum atomic E-state index is -0.922. The monoisotopic (exact) mass is 481 g/mol. The Balaban J connectivity index is 1.48. The standard InChI is InChI=1S/C22H12ClN3O8/c23-16-4-1-12(26(30)31)7-14(16)17-6-3-13(34-17)9-15-20(27)24-22(29)25(21(15)28)11-2-5-18-19(8-11)33-10-32-18/h1-9H,10H2,(H,24,27,29). The van der Waals surface area contributed by atoms with Crippen molar-refractivity contribution in [3.63, 3.8) is 0 Å². The number of ether oxygens (including phenoxy) is 2. The van der Waals surface area contributed by atoms with Gasteiger partial charge < -0.3 is 13.9 Å². The minimum Gasteiger partial charge on any atom is -0.457 e. The van der Waals surface area contributed by atoms with Crippen LogP contribution < -0.4 is 19.7 Å². The highest BCUT2D eigenvalue weighted by Crippen LogP contribution is 2.37. The van der Waals surface area contributed by atoms with Gasteiger partial charge in [-0.1, -0.05) is 11.6 Å². The van der Waals surface area contributed by atoms with Crippen molar-refractivity contribution in [2.75, 3.05) is 11.7 Å². The summed E-state index contributed by atoms with van der Waals surface area (Å²) >= 11 is 6.15. The zero-order valence-electron chi connectivity index (χ0n) is 16.9. The summed E-state index contributed by atoms with van der Waals surface area (Å²) in [5.41, 5.74) is -0.107. The number of nitrogens with zero attached hydrogens (tertiary/aromatic N) is 2. The topological polar surface area (TPSA) is 141 Å². The third-order valence-electron chi connectivity index (χ3n) is 5.06. The summed E-state index contributed by atoms with van der Waals surface area (Å²) in [7, 11) is 0. The van der Waals surface area contributed by atoms with Crippen LogP contribution in [0.5, 0.6) is 11.5 Å². The van der Waals surface area contributed by atoms with Gasteiger partial charge in [-0.05, 0) is 36.4 Å². The van der Waals surface area contributed by atoms with Crippen LogP contribution in [0.3, 0.4) is 0 Å². The first kappa shape index (κ1) is 21.2. The highest BCUT2D eigenvalue weighted by molar-refractivity contribution is 6.39. The number of furan rings is 1. The lowest BCUT2D eigenvalue weighted by Crippen LogP contribution is -2.54. The maximum Gasteiger partial charge on any atom is 0.335 e. The molecule has 1 saturated heterocycles. The molecule has 11 nitrogen and oxygen atoms in total. The van der Waals surface area contributed by atoms with Gasteiger partial charge in [-0.25, -0.2) is 9.69 Å². The fraction of sp³-hybridized carbons (Fsp3) is 0.0455. The van der Waals surface area contributed by atoms with Crippen LogP contribution >= 0.6 is 11.6 Å². The van der Waals surface area contributed by atoms with Gasteiger partial charge in [-0.15, -0.1) is 0 Å². The number of fused-ring (bicyclic) bond motifs is 1. The molecule has 0 saturated carbocycles. The number of nitrogens with one attached hydrogen (secondary N) is 1. The van der Waals surface area contributed by atoms with Crippen LogP contribution in [0.4, 0.5) is 16.2 Å². The van der Waals surface area contributed by atoms with Crippen molar-refractivity contribution in [2.45, 2.75) is 0 Å². The summed E-state index contributed by atoms with van der Waals surface area (Å²) in [4.78, 5) is 49.2. The van der Waals surface area contributed by atoms with Gasteiger partial charge in [0.15, 0.2) is 11.5 Å². The number of carbonyl (C=O) groups excluding carboxylic acids is 3. The predicted octanol–water partition coefficient (Wildman–Crippen LogP) is 3.90. The third-order valence-corrected chi connectivity index (χ3v) is 5.39. The van der Waals surface area contributed by atoms with Gasteiger partial charge in [0.25, 0.3) is 17.5 Å². The first-order chi connectivity index (χ1) is 16.3. The summed E-state index contributed by atoms with van der Waals surface area (Å²) in [6.07, 6.45) is 1.17. The number of imide groups is 2. The SMILES string of the molecule is O=C1NC(=O)N(c2ccc3c(c2)OCO3)C(=O)C1=Cc1ccc(-c2cc([N+](=O)[O-])ccc2Cl)o1. The number of anilines is 1. The number of hydrogen-bond acceptors (Lipinski definition) is 8. The number of benzene rings is 2. The molecular weight excluding hydrogens is 470 g/mol. The number of hydrogen-bond donors (Lipinski definition) is 1. The molecule has 4 amide bonds. The van der Waals surface area contributed by atoms with Gasteiger partial charge in [0, 0.05) is 23.8 Å². The average molecular weight is 482 g/mol. The number of barbiturate groups is 1. The molecular formula is C22H12ClN3O8. The molecule has 3 heterocycles. The molecule has 0 unspecified atom stereocenters. The van der Waals surface area contributed by atoms with Gasteiger partial charge in [0.05, 0.1) is 15.6 Å². The molecule has 0 radical (unpaired) electrons. The Labute approximate surface area is 195 Å². The van der Waals surface area contributed by atoms with Crippen LogP contribution in [-0.4, -0.2) is 29.6 Å². The van der Waals surface area contributed by atoms with E-state index in [1.54, 1.807) is 6.07 Å².